The van der Waals surface area contributed by atoms with Gasteiger partial charge in [0, 0.05) is 6.42 Å². The minimum atomic E-state index is -6.30. The highest BCUT2D eigenvalue weighted by Crippen LogP contribution is 2.49. The molecule has 0 bridgehead atoms. The average molecular weight is 311 g/mol. The molecule has 16 heavy (non-hydrogen) atoms. The first kappa shape index (κ1) is 16.3. The van der Waals surface area contributed by atoms with E-state index < -0.39 is 37.2 Å². The summed E-state index contributed by atoms with van der Waals surface area (Å²) in [5, 5.41) is 0. The molecule has 0 rings (SSSR count). The SMILES string of the molecule is C[Si](Cl)(Cl)CCC(F)(F)C(F)(F)C(F)(F)F. The van der Waals surface area contributed by atoms with Crippen molar-refractivity contribution >= 4 is 28.9 Å². The van der Waals surface area contributed by atoms with E-state index in [1.165, 1.54) is 0 Å². The second-order valence-electron chi connectivity index (χ2n) is 3.35. The maximum absolute atomic E-state index is 12.7. The van der Waals surface area contributed by atoms with Gasteiger partial charge in [-0.3, -0.25) is 0 Å². The summed E-state index contributed by atoms with van der Waals surface area (Å²) in [6.07, 6.45) is -8.00. The van der Waals surface area contributed by atoms with Crippen molar-refractivity contribution in [1.29, 1.82) is 0 Å². The van der Waals surface area contributed by atoms with Gasteiger partial charge in [-0.05, 0) is 12.6 Å². The third-order valence-corrected chi connectivity index (χ3v) is 3.96. The first-order chi connectivity index (χ1) is 6.71. The van der Waals surface area contributed by atoms with Crippen LogP contribution < -0.4 is 0 Å². The van der Waals surface area contributed by atoms with Crippen LogP contribution in [0.25, 0.3) is 0 Å². The van der Waals surface area contributed by atoms with E-state index in [1.807, 2.05) is 0 Å². The van der Waals surface area contributed by atoms with Crippen molar-refractivity contribution in [3.8, 4) is 0 Å². The maximum atomic E-state index is 12.7. The molecule has 0 radical (unpaired) electrons. The van der Waals surface area contributed by atoms with Crippen LogP contribution >= 0.6 is 22.2 Å². The molecular weight excluding hydrogens is 304 g/mol. The van der Waals surface area contributed by atoms with Crippen LogP contribution in [0.15, 0.2) is 0 Å². The zero-order valence-electron chi connectivity index (χ0n) is 7.82. The molecule has 0 unspecified atom stereocenters. The molecule has 0 amide bonds. The van der Waals surface area contributed by atoms with Gasteiger partial charge in [0.05, 0.1) is 0 Å². The van der Waals surface area contributed by atoms with Gasteiger partial charge in [0.1, 0.15) is 0 Å². The molecule has 0 heterocycles. The van der Waals surface area contributed by atoms with Crippen LogP contribution in [0.2, 0.25) is 12.6 Å². The van der Waals surface area contributed by atoms with Crippen LogP contribution in [-0.2, 0) is 0 Å². The van der Waals surface area contributed by atoms with E-state index >= 15 is 0 Å². The third-order valence-electron chi connectivity index (χ3n) is 1.69. The van der Waals surface area contributed by atoms with E-state index in [0.29, 0.717) is 0 Å². The van der Waals surface area contributed by atoms with Crippen molar-refractivity contribution in [3.05, 3.63) is 0 Å². The predicted octanol–water partition coefficient (Wildman–Crippen LogP) is 4.76. The van der Waals surface area contributed by atoms with Gasteiger partial charge in [-0.1, -0.05) is 0 Å². The third kappa shape index (κ3) is 3.96. The first-order valence-electron chi connectivity index (χ1n) is 3.91. The van der Waals surface area contributed by atoms with Crippen molar-refractivity contribution in [3.63, 3.8) is 0 Å². The van der Waals surface area contributed by atoms with Crippen LogP contribution in [0, 0.1) is 0 Å². The van der Waals surface area contributed by atoms with Gasteiger partial charge >= 0.3 is 18.0 Å². The molecular formula is C6H7Cl2F7Si. The smallest absolute Gasteiger partial charge is 0.200 e. The van der Waals surface area contributed by atoms with Crippen molar-refractivity contribution < 1.29 is 30.7 Å². The van der Waals surface area contributed by atoms with Gasteiger partial charge in [0.25, 0.3) is 0 Å². The molecule has 0 saturated carbocycles. The highest BCUT2D eigenvalue weighted by molar-refractivity contribution is 7.44. The van der Waals surface area contributed by atoms with Crippen LogP contribution in [0.1, 0.15) is 6.42 Å². The van der Waals surface area contributed by atoms with Crippen molar-refractivity contribution in [2.45, 2.75) is 37.0 Å². The lowest BCUT2D eigenvalue weighted by Crippen LogP contribution is -2.52. The number of halogens is 9. The molecule has 0 spiro atoms. The lowest BCUT2D eigenvalue weighted by Gasteiger charge is -2.28. The summed E-state index contributed by atoms with van der Waals surface area (Å²) < 4.78 is 85.0. The van der Waals surface area contributed by atoms with Crippen molar-refractivity contribution in [2.75, 3.05) is 0 Å². The fraction of sp³-hybridized carbons (Fsp3) is 1.00. The summed E-state index contributed by atoms with van der Waals surface area (Å²) in [5.74, 6) is -11.3. The maximum Gasteiger partial charge on any atom is 0.459 e. The Hall–Kier alpha value is 0.307. The second-order valence-corrected chi connectivity index (χ2v) is 11.6. The Labute approximate surface area is 97.1 Å². The zero-order chi connectivity index (χ0) is 13.4. The highest BCUT2D eigenvalue weighted by Gasteiger charge is 2.72. The summed E-state index contributed by atoms with van der Waals surface area (Å²) in [4.78, 5) is 0. The molecule has 0 aliphatic rings. The molecule has 10 heteroatoms. The van der Waals surface area contributed by atoms with E-state index in [1.54, 1.807) is 0 Å². The molecule has 0 atom stereocenters. The molecule has 0 N–H and O–H groups in total. The lowest BCUT2D eigenvalue weighted by molar-refractivity contribution is -0.354. The number of rotatable bonds is 4. The molecule has 98 valence electrons. The molecule has 0 aromatic carbocycles. The fourth-order valence-corrected chi connectivity index (χ4v) is 2.06. The molecule has 0 aromatic rings. The van der Waals surface area contributed by atoms with Crippen molar-refractivity contribution in [1.82, 2.24) is 0 Å². The van der Waals surface area contributed by atoms with E-state index in [2.05, 4.69) is 0 Å². The quantitative estimate of drug-likeness (QED) is 0.399. The van der Waals surface area contributed by atoms with Crippen LogP contribution in [-0.4, -0.2) is 24.7 Å². The predicted molar refractivity (Wildman–Crippen MR) is 48.7 cm³/mol. The summed E-state index contributed by atoms with van der Waals surface area (Å²) in [6.45, 7) is -1.99. The fourth-order valence-electron chi connectivity index (χ4n) is 0.741. The second kappa shape index (κ2) is 4.53. The van der Waals surface area contributed by atoms with Gasteiger partial charge in [0.2, 0.25) is 6.69 Å². The minimum absolute atomic E-state index is 0.755. The summed E-state index contributed by atoms with van der Waals surface area (Å²) >= 11 is 10.7. The van der Waals surface area contributed by atoms with Gasteiger partial charge < -0.3 is 0 Å². The number of alkyl halides is 7. The highest BCUT2D eigenvalue weighted by atomic mass is 35.7. The Bertz CT molecular complexity index is 244. The average Bonchev–Trinajstić information content (AvgIpc) is 1.97. The largest absolute Gasteiger partial charge is 0.459 e. The molecule has 0 fully saturated rings. The van der Waals surface area contributed by atoms with Crippen molar-refractivity contribution in [2.24, 2.45) is 0 Å². The van der Waals surface area contributed by atoms with Crippen LogP contribution in [0.5, 0.6) is 0 Å². The van der Waals surface area contributed by atoms with E-state index in [-0.39, 0.29) is 0 Å². The Morgan fingerprint density at radius 3 is 1.56 bits per heavy atom. The van der Waals surface area contributed by atoms with E-state index in [0.717, 1.165) is 6.55 Å². The molecule has 0 saturated heterocycles. The standard InChI is InChI=1S/C6H7Cl2F7Si/c1-16(7,8)3-2-4(9,10)5(11,12)6(13,14)15/h2-3H2,1H3. The molecule has 0 aliphatic heterocycles. The number of hydrogen-bond donors (Lipinski definition) is 0. The van der Waals surface area contributed by atoms with E-state index in [9.17, 15) is 30.7 Å². The monoisotopic (exact) mass is 310 g/mol. The molecule has 0 nitrogen and oxygen atoms in total. The van der Waals surface area contributed by atoms with Gasteiger partial charge in [-0.25, -0.2) is 0 Å². The zero-order valence-corrected chi connectivity index (χ0v) is 10.3. The topological polar surface area (TPSA) is 0 Å². The Balaban J connectivity index is 4.79. The van der Waals surface area contributed by atoms with Gasteiger partial charge in [-0.2, -0.15) is 30.7 Å². The Morgan fingerprint density at radius 1 is 0.938 bits per heavy atom. The minimum Gasteiger partial charge on any atom is -0.200 e. The Morgan fingerprint density at radius 2 is 1.31 bits per heavy atom. The summed E-state index contributed by atoms with van der Waals surface area (Å²) in [5.41, 5.74) is 0. The van der Waals surface area contributed by atoms with Crippen LogP contribution in [0.3, 0.4) is 0 Å². The summed E-state index contributed by atoms with van der Waals surface area (Å²) in [7, 11) is 0. The number of hydrogen-bond acceptors (Lipinski definition) is 0. The molecule has 0 aliphatic carbocycles. The normalized spacial score (nSPS) is 15.4. The van der Waals surface area contributed by atoms with E-state index in [4.69, 9.17) is 22.2 Å². The Kier molecular flexibility index (Phi) is 4.61. The summed E-state index contributed by atoms with van der Waals surface area (Å²) in [6, 6.07) is -0.755. The van der Waals surface area contributed by atoms with Crippen LogP contribution in [0.4, 0.5) is 30.7 Å². The first-order valence-corrected chi connectivity index (χ1v) is 8.64. The van der Waals surface area contributed by atoms with Gasteiger partial charge in [-0.15, -0.1) is 22.2 Å². The lowest BCUT2D eigenvalue weighted by atomic mass is 10.1. The molecule has 0 aromatic heterocycles. The van der Waals surface area contributed by atoms with Gasteiger partial charge in [0.15, 0.2) is 0 Å².